The first-order valence-corrected chi connectivity index (χ1v) is 14.7. The first-order valence-electron chi connectivity index (χ1n) is 11.8. The van der Waals surface area contributed by atoms with Crippen LogP contribution in [-0.2, 0) is 18.8 Å². The van der Waals surface area contributed by atoms with Gasteiger partial charge >= 0.3 is 0 Å². The highest BCUT2D eigenvalue weighted by Crippen LogP contribution is 2.49. The molecule has 4 rings (SSSR count). The average molecular weight is 480 g/mol. The molecule has 2 aliphatic heterocycles. The van der Waals surface area contributed by atoms with E-state index in [4.69, 9.17) is 9.16 Å². The summed E-state index contributed by atoms with van der Waals surface area (Å²) < 4.78 is 12.6. The van der Waals surface area contributed by atoms with Crippen molar-refractivity contribution in [1.82, 2.24) is 4.98 Å². The molecule has 0 aliphatic carbocycles. The molecular formula is C26H33N3O4Si. The molecule has 0 saturated carbocycles. The van der Waals surface area contributed by atoms with E-state index in [9.17, 15) is 14.9 Å². The zero-order chi connectivity index (χ0) is 25.1. The number of aromatic nitrogens is 1. The van der Waals surface area contributed by atoms with Gasteiger partial charge in [-0.3, -0.25) is 14.6 Å². The van der Waals surface area contributed by atoms with Crippen molar-refractivity contribution in [1.29, 1.82) is 5.26 Å². The number of hydrogen-bond donors (Lipinski definition) is 0. The summed E-state index contributed by atoms with van der Waals surface area (Å²) in [7, 11) is -1.93. The van der Waals surface area contributed by atoms with Crippen LogP contribution in [0.3, 0.4) is 0 Å². The van der Waals surface area contributed by atoms with Crippen LogP contribution >= 0.6 is 0 Å². The number of rotatable bonds is 5. The van der Waals surface area contributed by atoms with Crippen molar-refractivity contribution in [3.63, 3.8) is 0 Å². The Bertz CT molecular complexity index is 1190. The largest absolute Gasteiger partial charge is 0.417 e. The first kappa shape index (κ1) is 24.5. The normalized spacial score (nSPS) is 24.5. The predicted molar refractivity (Wildman–Crippen MR) is 133 cm³/mol. The minimum Gasteiger partial charge on any atom is -0.417 e. The summed E-state index contributed by atoms with van der Waals surface area (Å²) in [6, 6.07) is 8.95. The van der Waals surface area contributed by atoms with E-state index in [1.807, 2.05) is 13.8 Å². The second-order valence-electron chi connectivity index (χ2n) is 11.3. The predicted octanol–water partition coefficient (Wildman–Crippen LogP) is 4.80. The summed E-state index contributed by atoms with van der Waals surface area (Å²) in [5.41, 5.74) is 0.588. The van der Waals surface area contributed by atoms with Gasteiger partial charge in [-0.25, -0.2) is 4.90 Å². The van der Waals surface area contributed by atoms with Gasteiger partial charge in [0.2, 0.25) is 11.8 Å². The van der Waals surface area contributed by atoms with Crippen LogP contribution < -0.4 is 4.90 Å². The van der Waals surface area contributed by atoms with Gasteiger partial charge < -0.3 is 9.16 Å². The number of ether oxygens (including phenoxy) is 1. The summed E-state index contributed by atoms with van der Waals surface area (Å²) in [6.45, 7) is 15.2. The fourth-order valence-corrected chi connectivity index (χ4v) is 5.96. The third-order valence-corrected chi connectivity index (χ3v) is 12.3. The van der Waals surface area contributed by atoms with Crippen molar-refractivity contribution < 1.29 is 18.8 Å². The van der Waals surface area contributed by atoms with E-state index < -0.39 is 31.9 Å². The number of carbonyl (C=O) groups excluding carboxylic acids is 2. The molecule has 3 heterocycles. The number of anilines is 1. The van der Waals surface area contributed by atoms with E-state index in [-0.39, 0.29) is 16.9 Å². The molecule has 1 aromatic carbocycles. The van der Waals surface area contributed by atoms with Gasteiger partial charge in [-0.1, -0.05) is 20.8 Å². The molecule has 1 aromatic heterocycles. The van der Waals surface area contributed by atoms with Crippen LogP contribution in [-0.4, -0.2) is 43.4 Å². The average Bonchev–Trinajstić information content (AvgIpc) is 3.18. The standard InChI is InChI=1S/C26H33N3O4Si/c1-25(2,3)34(6,7)32-14-12-19-20-21(26(4,5)33-19)24(31)29(23(20)30)18-11-10-16(15-27)22-17(18)9-8-13-28-22/h8-11,13,19-21H,12,14H2,1-7H3/t19?,20-,21+/m1/s1. The van der Waals surface area contributed by atoms with Crippen LogP contribution in [0.1, 0.15) is 46.6 Å². The van der Waals surface area contributed by atoms with Gasteiger partial charge in [0.1, 0.15) is 6.07 Å². The van der Waals surface area contributed by atoms with Gasteiger partial charge in [0.05, 0.1) is 40.3 Å². The van der Waals surface area contributed by atoms with Gasteiger partial charge in [0.15, 0.2) is 8.32 Å². The van der Waals surface area contributed by atoms with Gasteiger partial charge in [-0.05, 0) is 62.7 Å². The van der Waals surface area contributed by atoms with Crippen LogP contribution in [0, 0.1) is 23.2 Å². The Hall–Kier alpha value is -2.60. The lowest BCUT2D eigenvalue weighted by atomic mass is 9.82. The minimum atomic E-state index is -1.93. The van der Waals surface area contributed by atoms with Crippen molar-refractivity contribution in [2.45, 2.75) is 70.9 Å². The van der Waals surface area contributed by atoms with Crippen LogP contribution in [0.2, 0.25) is 18.1 Å². The lowest BCUT2D eigenvalue weighted by Crippen LogP contribution is -2.42. The zero-order valence-corrected chi connectivity index (χ0v) is 22.0. The number of pyridine rings is 1. The number of fused-ring (bicyclic) bond motifs is 2. The van der Waals surface area contributed by atoms with E-state index >= 15 is 0 Å². The Morgan fingerprint density at radius 2 is 1.91 bits per heavy atom. The second-order valence-corrected chi connectivity index (χ2v) is 16.1. The smallest absolute Gasteiger partial charge is 0.240 e. The molecule has 7 nitrogen and oxygen atoms in total. The first-order chi connectivity index (χ1) is 15.8. The van der Waals surface area contributed by atoms with Crippen molar-refractivity contribution in [2.24, 2.45) is 11.8 Å². The van der Waals surface area contributed by atoms with E-state index in [1.165, 1.54) is 4.90 Å². The van der Waals surface area contributed by atoms with Crippen LogP contribution in [0.5, 0.6) is 0 Å². The number of benzene rings is 1. The van der Waals surface area contributed by atoms with Crippen LogP contribution in [0.25, 0.3) is 10.9 Å². The zero-order valence-electron chi connectivity index (χ0n) is 21.0. The quantitative estimate of drug-likeness (QED) is 0.452. The maximum atomic E-state index is 13.7. The topological polar surface area (TPSA) is 92.5 Å². The summed E-state index contributed by atoms with van der Waals surface area (Å²) in [6.07, 6.45) is 1.76. The Morgan fingerprint density at radius 1 is 1.21 bits per heavy atom. The molecule has 0 N–H and O–H groups in total. The molecule has 2 amide bonds. The number of nitriles is 1. The Kier molecular flexibility index (Phi) is 5.96. The molecule has 3 atom stereocenters. The van der Waals surface area contributed by atoms with Gasteiger partial charge in [-0.15, -0.1) is 0 Å². The molecule has 34 heavy (non-hydrogen) atoms. The lowest BCUT2D eigenvalue weighted by molar-refractivity contribution is -0.129. The molecule has 8 heteroatoms. The number of imide groups is 1. The number of amides is 2. The van der Waals surface area contributed by atoms with Gasteiger partial charge in [-0.2, -0.15) is 5.26 Å². The van der Waals surface area contributed by atoms with E-state index in [2.05, 4.69) is 44.9 Å². The molecule has 2 saturated heterocycles. The molecule has 1 unspecified atom stereocenters. The Labute approximate surface area is 202 Å². The summed E-state index contributed by atoms with van der Waals surface area (Å²) in [5, 5.41) is 10.2. The van der Waals surface area contributed by atoms with Crippen molar-refractivity contribution >= 4 is 36.7 Å². The number of carbonyl (C=O) groups is 2. The highest BCUT2D eigenvalue weighted by molar-refractivity contribution is 6.74. The highest BCUT2D eigenvalue weighted by Gasteiger charge is 2.63. The SMILES string of the molecule is CC1(C)OC(CCO[Si](C)(C)C(C)(C)C)[C@H]2C(=O)N(c3ccc(C#N)c4ncccc34)C(=O)[C@H]21. The number of nitrogens with zero attached hydrogens (tertiary/aromatic N) is 3. The second kappa shape index (κ2) is 8.26. The Morgan fingerprint density at radius 3 is 2.56 bits per heavy atom. The fourth-order valence-electron chi connectivity index (χ4n) is 4.90. The molecule has 0 spiro atoms. The molecular weight excluding hydrogens is 446 g/mol. The minimum absolute atomic E-state index is 0.0892. The summed E-state index contributed by atoms with van der Waals surface area (Å²) in [4.78, 5) is 33.0. The summed E-state index contributed by atoms with van der Waals surface area (Å²) >= 11 is 0. The molecule has 180 valence electrons. The molecule has 0 bridgehead atoms. The van der Waals surface area contributed by atoms with Gasteiger partial charge in [0, 0.05) is 18.2 Å². The number of hydrogen-bond acceptors (Lipinski definition) is 6. The maximum Gasteiger partial charge on any atom is 0.240 e. The summed E-state index contributed by atoms with van der Waals surface area (Å²) in [5.74, 6) is -1.65. The van der Waals surface area contributed by atoms with Crippen molar-refractivity contribution in [3.05, 3.63) is 36.0 Å². The lowest BCUT2D eigenvalue weighted by Gasteiger charge is -2.36. The highest BCUT2D eigenvalue weighted by atomic mass is 28.4. The van der Waals surface area contributed by atoms with E-state index in [0.717, 1.165) is 0 Å². The fraction of sp³-hybridized carbons (Fsp3) is 0.538. The van der Waals surface area contributed by atoms with E-state index in [1.54, 1.807) is 30.5 Å². The van der Waals surface area contributed by atoms with Crippen LogP contribution in [0.15, 0.2) is 30.5 Å². The van der Waals surface area contributed by atoms with E-state index in [0.29, 0.717) is 35.2 Å². The third-order valence-electron chi connectivity index (χ3n) is 7.74. The molecule has 2 aromatic rings. The third kappa shape index (κ3) is 3.86. The van der Waals surface area contributed by atoms with Crippen molar-refractivity contribution in [3.8, 4) is 6.07 Å². The molecule has 0 radical (unpaired) electrons. The molecule has 2 fully saturated rings. The Balaban J connectivity index is 1.64. The maximum absolute atomic E-state index is 13.7. The van der Waals surface area contributed by atoms with Crippen LogP contribution in [0.4, 0.5) is 5.69 Å². The monoisotopic (exact) mass is 479 g/mol. The molecule has 2 aliphatic rings. The van der Waals surface area contributed by atoms with Crippen molar-refractivity contribution in [2.75, 3.05) is 11.5 Å². The van der Waals surface area contributed by atoms with Gasteiger partial charge in [0.25, 0.3) is 0 Å².